The van der Waals surface area contributed by atoms with E-state index in [1.54, 1.807) is 24.3 Å². The molecule has 2 aliphatic rings. The molecule has 0 heterocycles. The van der Waals surface area contributed by atoms with E-state index in [0.29, 0.717) is 66.8 Å². The highest BCUT2D eigenvalue weighted by atomic mass is 14.7. The zero-order valence-electron chi connectivity index (χ0n) is 28.0. The monoisotopic (exact) mass is 682 g/mol. The molecule has 0 bridgehead atoms. The van der Waals surface area contributed by atoms with E-state index in [1.165, 1.54) is 24.3 Å². The van der Waals surface area contributed by atoms with Crippen molar-refractivity contribution in [3.8, 4) is 24.3 Å². The van der Waals surface area contributed by atoms with Gasteiger partial charge in [0.05, 0.1) is 60.7 Å². The van der Waals surface area contributed by atoms with Crippen LogP contribution in [0.25, 0.3) is 64.2 Å². The fourth-order valence-corrected chi connectivity index (χ4v) is 7.01. The van der Waals surface area contributed by atoms with Crippen molar-refractivity contribution in [1.29, 1.82) is 21.0 Å². The third-order valence-electron chi connectivity index (χ3n) is 9.18. The summed E-state index contributed by atoms with van der Waals surface area (Å²) < 4.78 is 0. The van der Waals surface area contributed by atoms with Gasteiger partial charge in [0.25, 0.3) is 0 Å². The third-order valence-corrected chi connectivity index (χ3v) is 9.18. The topological polar surface area (TPSA) is 113 Å². The third kappa shape index (κ3) is 5.35. The van der Waals surface area contributed by atoms with Crippen molar-refractivity contribution in [2.75, 3.05) is 0 Å². The van der Waals surface area contributed by atoms with Gasteiger partial charge < -0.3 is 0 Å². The summed E-state index contributed by atoms with van der Waals surface area (Å²) in [5.41, 5.74) is 7.14. The van der Waals surface area contributed by atoms with Gasteiger partial charge in [0, 0.05) is 0 Å². The predicted octanol–water partition coefficient (Wildman–Crippen LogP) is 11.0. The maximum absolute atomic E-state index is 10.9. The van der Waals surface area contributed by atoms with Crippen LogP contribution < -0.4 is 0 Å². The van der Waals surface area contributed by atoms with Crippen LogP contribution in [0, 0.1) is 71.6 Å². The minimum atomic E-state index is 0.111. The smallest absolute Gasteiger partial charge is 0.203 e. The van der Waals surface area contributed by atoms with Crippen LogP contribution in [0.15, 0.2) is 109 Å². The second-order valence-corrected chi connectivity index (χ2v) is 12.1. The average molecular weight is 683 g/mol. The van der Waals surface area contributed by atoms with Crippen LogP contribution in [0.1, 0.15) is 55.6 Å². The highest BCUT2D eigenvalue weighted by molar-refractivity contribution is 6.33. The van der Waals surface area contributed by atoms with E-state index in [4.69, 9.17) is 26.3 Å². The van der Waals surface area contributed by atoms with Crippen molar-refractivity contribution in [2.45, 2.75) is 0 Å². The first-order valence-corrected chi connectivity index (χ1v) is 16.1. The lowest BCUT2D eigenvalue weighted by molar-refractivity contribution is 1.43. The molecule has 0 saturated heterocycles. The molecular formula is C46H18N8. The largest absolute Gasteiger partial charge is 0.239 e. The van der Waals surface area contributed by atoms with Gasteiger partial charge in [0.2, 0.25) is 11.4 Å². The van der Waals surface area contributed by atoms with Crippen LogP contribution in [-0.2, 0) is 0 Å². The summed E-state index contributed by atoms with van der Waals surface area (Å²) in [6.07, 6.45) is 0. The predicted molar refractivity (Wildman–Crippen MR) is 206 cm³/mol. The van der Waals surface area contributed by atoms with Crippen molar-refractivity contribution < 1.29 is 0 Å². The van der Waals surface area contributed by atoms with Crippen LogP contribution in [0.3, 0.4) is 0 Å². The van der Waals surface area contributed by atoms with Gasteiger partial charge in [-0.2, -0.15) is 21.0 Å². The van der Waals surface area contributed by atoms with Gasteiger partial charge in [-0.3, -0.25) is 0 Å². The number of hydrogen-bond acceptors (Lipinski definition) is 4. The first-order valence-electron chi connectivity index (χ1n) is 16.1. The summed E-state index contributed by atoms with van der Waals surface area (Å²) in [5, 5.41) is 41.3. The van der Waals surface area contributed by atoms with Gasteiger partial charge in [-0.25, -0.2) is 19.4 Å². The van der Waals surface area contributed by atoms with E-state index in [-0.39, 0.29) is 45.0 Å². The lowest BCUT2D eigenvalue weighted by Gasteiger charge is -2.15. The van der Waals surface area contributed by atoms with E-state index in [9.17, 15) is 21.0 Å². The standard InChI is InChI=1S/C46H18N8/c1-51-33-18-31(19-34(20-33)52-2)39(25-49)43-37-21-35-36(22-38(37)46(54-4)42(43)30-13-9-6-10-14-30)44(41(40(35)26-50)29-11-7-5-8-12-29)45(53-3)32-16-27(23-47)15-28(17-32)24-48/h5-22H/b43-39-,45-44+. The molecule has 0 spiro atoms. The highest BCUT2D eigenvalue weighted by Crippen LogP contribution is 2.56. The summed E-state index contributed by atoms with van der Waals surface area (Å²) in [6, 6.07) is 39.7. The minimum absolute atomic E-state index is 0.111. The van der Waals surface area contributed by atoms with Crippen LogP contribution in [0.2, 0.25) is 0 Å². The Morgan fingerprint density at radius 1 is 0.500 bits per heavy atom. The maximum Gasteiger partial charge on any atom is 0.203 e. The second kappa shape index (κ2) is 13.7. The van der Waals surface area contributed by atoms with Crippen molar-refractivity contribution >= 4 is 56.2 Å². The summed E-state index contributed by atoms with van der Waals surface area (Å²) >= 11 is 0. The Morgan fingerprint density at radius 3 is 1.56 bits per heavy atom. The second-order valence-electron chi connectivity index (χ2n) is 12.1. The molecule has 5 aromatic rings. The van der Waals surface area contributed by atoms with Crippen molar-refractivity contribution in [1.82, 2.24) is 0 Å². The lowest BCUT2D eigenvalue weighted by atomic mass is 9.88. The SMILES string of the molecule is [C-]#[N+]C1=C(c2ccccc2)/C(=C(/C#N)c2cc([N+]#[C-])cc([N+]#[C-])c2)c2cc3c(cc21)/C(=C(\[N+]#[C-])c1cc(C#N)cc(C#N)c1)C(c1ccccc1)=C3C#N. The van der Waals surface area contributed by atoms with Gasteiger partial charge in [-0.1, -0.05) is 84.9 Å². The van der Waals surface area contributed by atoms with Gasteiger partial charge in [-0.05, 0) is 91.1 Å². The van der Waals surface area contributed by atoms with E-state index in [2.05, 4.69) is 43.7 Å². The Hall–Kier alpha value is -9.02. The number of hydrogen-bond donors (Lipinski definition) is 0. The summed E-state index contributed by atoms with van der Waals surface area (Å²) in [4.78, 5) is 15.0. The first kappa shape index (κ1) is 33.5. The fraction of sp³-hybridized carbons (Fsp3) is 0. The van der Waals surface area contributed by atoms with Crippen LogP contribution in [0.4, 0.5) is 11.4 Å². The number of nitrogens with zero attached hydrogens (tertiary/aromatic N) is 8. The number of fused-ring (bicyclic) bond motifs is 2. The summed E-state index contributed by atoms with van der Waals surface area (Å²) in [7, 11) is 0. The quantitative estimate of drug-likeness (QED) is 0.139. The fourth-order valence-electron chi connectivity index (χ4n) is 7.01. The number of nitriles is 4. The average Bonchev–Trinajstić information content (AvgIpc) is 3.72. The Kier molecular flexibility index (Phi) is 8.50. The normalized spacial score (nSPS) is 14.1. The molecule has 0 aromatic heterocycles. The summed E-state index contributed by atoms with van der Waals surface area (Å²) in [6.45, 7) is 32.2. The molecule has 0 N–H and O–H groups in total. The molecule has 2 aliphatic carbocycles. The Balaban J connectivity index is 1.66. The Morgan fingerprint density at radius 2 is 1.06 bits per heavy atom. The number of benzene rings is 5. The van der Waals surface area contributed by atoms with E-state index in [1.807, 2.05) is 60.7 Å². The van der Waals surface area contributed by atoms with Crippen LogP contribution in [0.5, 0.6) is 0 Å². The van der Waals surface area contributed by atoms with Gasteiger partial charge >= 0.3 is 0 Å². The maximum atomic E-state index is 10.9. The van der Waals surface area contributed by atoms with E-state index >= 15 is 0 Å². The first-order chi connectivity index (χ1) is 26.4. The highest BCUT2D eigenvalue weighted by Gasteiger charge is 2.37. The zero-order chi connectivity index (χ0) is 37.9. The molecule has 0 aliphatic heterocycles. The lowest BCUT2D eigenvalue weighted by Crippen LogP contribution is -1.96. The molecule has 0 unspecified atom stereocenters. The van der Waals surface area contributed by atoms with Gasteiger partial charge in [0.15, 0.2) is 11.4 Å². The molecule has 0 saturated carbocycles. The molecule has 0 fully saturated rings. The zero-order valence-corrected chi connectivity index (χ0v) is 28.0. The molecule has 7 rings (SSSR count). The molecule has 8 heteroatoms. The van der Waals surface area contributed by atoms with Crippen molar-refractivity contribution in [3.05, 3.63) is 210 Å². The molecule has 0 atom stereocenters. The minimum Gasteiger partial charge on any atom is -0.239 e. The molecule has 242 valence electrons. The molecule has 5 aromatic carbocycles. The van der Waals surface area contributed by atoms with Crippen LogP contribution in [-0.4, -0.2) is 0 Å². The molecule has 0 radical (unpaired) electrons. The Bertz CT molecular complexity index is 2720. The van der Waals surface area contributed by atoms with Gasteiger partial charge in [0.1, 0.15) is 12.1 Å². The molecule has 8 nitrogen and oxygen atoms in total. The summed E-state index contributed by atoms with van der Waals surface area (Å²) in [5.74, 6) is 0. The number of allylic oxidation sites excluding steroid dienone is 6. The Labute approximate surface area is 311 Å². The molecular weight excluding hydrogens is 665 g/mol. The van der Waals surface area contributed by atoms with E-state index in [0.717, 1.165) is 0 Å². The van der Waals surface area contributed by atoms with E-state index < -0.39 is 0 Å². The number of rotatable bonds is 4. The van der Waals surface area contributed by atoms with Crippen molar-refractivity contribution in [3.63, 3.8) is 0 Å². The van der Waals surface area contributed by atoms with Gasteiger partial charge in [-0.15, -0.1) is 0 Å². The molecule has 0 amide bonds. The van der Waals surface area contributed by atoms with Crippen LogP contribution >= 0.6 is 0 Å². The molecule has 54 heavy (non-hydrogen) atoms. The van der Waals surface area contributed by atoms with Crippen molar-refractivity contribution in [2.24, 2.45) is 0 Å².